The number of hydrogen-bond acceptors (Lipinski definition) is 2. The number of hydrogen-bond donors (Lipinski definition) is 0. The molecule has 0 aliphatic rings. The van der Waals surface area contributed by atoms with Gasteiger partial charge in [0.25, 0.3) is 0 Å². The highest BCUT2D eigenvalue weighted by molar-refractivity contribution is 5.72. The summed E-state index contributed by atoms with van der Waals surface area (Å²) in [4.78, 5) is 11.7. The zero-order valence-electron chi connectivity index (χ0n) is 12.6. The fourth-order valence-corrected chi connectivity index (χ4v) is 1.91. The van der Waals surface area contributed by atoms with E-state index in [9.17, 15) is 4.79 Å². The molecule has 0 heterocycles. The first kappa shape index (κ1) is 16.2. The molecule has 0 saturated carbocycles. The lowest BCUT2D eigenvalue weighted by molar-refractivity contribution is -0.141. The second-order valence-electron chi connectivity index (χ2n) is 5.03. The molecule has 0 spiro atoms. The predicted molar refractivity (Wildman–Crippen MR) is 83.5 cm³/mol. The summed E-state index contributed by atoms with van der Waals surface area (Å²) in [6.07, 6.45) is 7.82. The minimum absolute atomic E-state index is 0.180. The van der Waals surface area contributed by atoms with Gasteiger partial charge in [-0.3, -0.25) is 4.79 Å². The fraction of sp³-hybridized carbons (Fsp3) is 0.389. The first-order chi connectivity index (χ1) is 9.61. The van der Waals surface area contributed by atoms with Crippen molar-refractivity contribution in [3.05, 3.63) is 59.7 Å². The molecule has 1 rings (SSSR count). The summed E-state index contributed by atoms with van der Waals surface area (Å²) in [5.74, 6) is 0.198. The van der Waals surface area contributed by atoms with E-state index in [1.54, 1.807) is 0 Å². The molecule has 0 N–H and O–H groups in total. The molecular formula is C18H24O2. The van der Waals surface area contributed by atoms with Gasteiger partial charge in [0.1, 0.15) is 6.61 Å². The molecule has 0 aliphatic carbocycles. The van der Waals surface area contributed by atoms with Gasteiger partial charge in [-0.1, -0.05) is 62.4 Å². The van der Waals surface area contributed by atoms with Crippen molar-refractivity contribution in [3.63, 3.8) is 0 Å². The van der Waals surface area contributed by atoms with Crippen LogP contribution < -0.4 is 0 Å². The smallest absolute Gasteiger partial charge is 0.310 e. The quantitative estimate of drug-likeness (QED) is 0.546. The van der Waals surface area contributed by atoms with Crippen molar-refractivity contribution >= 4 is 5.97 Å². The minimum Gasteiger partial charge on any atom is -0.461 e. The van der Waals surface area contributed by atoms with Crippen molar-refractivity contribution in [2.75, 3.05) is 6.61 Å². The van der Waals surface area contributed by atoms with Crippen LogP contribution in [-0.2, 0) is 16.0 Å². The van der Waals surface area contributed by atoms with Crippen LogP contribution in [0.2, 0.25) is 0 Å². The number of ether oxygens (including phenoxy) is 1. The van der Waals surface area contributed by atoms with E-state index in [0.29, 0.717) is 18.9 Å². The van der Waals surface area contributed by atoms with Crippen LogP contribution in [0.1, 0.15) is 32.8 Å². The summed E-state index contributed by atoms with van der Waals surface area (Å²) in [6, 6.07) is 9.65. The average Bonchev–Trinajstić information content (AvgIpc) is 2.44. The van der Waals surface area contributed by atoms with Crippen molar-refractivity contribution < 1.29 is 9.53 Å². The molecule has 0 fully saturated rings. The second kappa shape index (κ2) is 9.13. The summed E-state index contributed by atoms with van der Waals surface area (Å²) in [6.45, 7) is 6.61. The average molecular weight is 272 g/mol. The summed E-state index contributed by atoms with van der Waals surface area (Å²) >= 11 is 0. The van der Waals surface area contributed by atoms with E-state index < -0.39 is 0 Å². The van der Waals surface area contributed by atoms with Gasteiger partial charge in [-0.05, 0) is 30.4 Å². The van der Waals surface area contributed by atoms with Crippen LogP contribution in [0.3, 0.4) is 0 Å². The van der Waals surface area contributed by atoms with Crippen LogP contribution in [0.25, 0.3) is 0 Å². The van der Waals surface area contributed by atoms with Gasteiger partial charge >= 0.3 is 5.97 Å². The lowest BCUT2D eigenvalue weighted by Gasteiger charge is -2.07. The minimum atomic E-state index is -0.180. The number of esters is 1. The highest BCUT2D eigenvalue weighted by Gasteiger charge is 2.04. The Balaban J connectivity index is 2.37. The molecule has 108 valence electrons. The SMILES string of the molecule is CC/C=C/C(C)/C=C(\C)COC(=O)Cc1ccccc1. The summed E-state index contributed by atoms with van der Waals surface area (Å²) < 4.78 is 5.28. The first-order valence-corrected chi connectivity index (χ1v) is 7.15. The highest BCUT2D eigenvalue weighted by atomic mass is 16.5. The summed E-state index contributed by atoms with van der Waals surface area (Å²) in [5, 5.41) is 0. The molecule has 1 aromatic rings. The molecule has 1 aromatic carbocycles. The zero-order chi connectivity index (χ0) is 14.8. The van der Waals surface area contributed by atoms with E-state index in [-0.39, 0.29) is 5.97 Å². The van der Waals surface area contributed by atoms with Gasteiger partial charge in [0.2, 0.25) is 0 Å². The lowest BCUT2D eigenvalue weighted by atomic mass is 10.1. The van der Waals surface area contributed by atoms with Crippen LogP contribution in [0.15, 0.2) is 54.1 Å². The van der Waals surface area contributed by atoms with Gasteiger partial charge in [0, 0.05) is 0 Å². The molecule has 0 radical (unpaired) electrons. The number of carbonyl (C=O) groups excluding carboxylic acids is 1. The van der Waals surface area contributed by atoms with Crippen molar-refractivity contribution in [2.24, 2.45) is 5.92 Å². The fourth-order valence-electron chi connectivity index (χ4n) is 1.91. The Morgan fingerprint density at radius 3 is 2.65 bits per heavy atom. The maximum Gasteiger partial charge on any atom is 0.310 e. The number of benzene rings is 1. The Labute approximate surface area is 122 Å². The lowest BCUT2D eigenvalue weighted by Crippen LogP contribution is -2.10. The van der Waals surface area contributed by atoms with Crippen molar-refractivity contribution in [1.82, 2.24) is 0 Å². The molecule has 0 bridgehead atoms. The standard InChI is InChI=1S/C18H24O2/c1-4-5-9-15(2)12-16(3)14-20-18(19)13-17-10-7-6-8-11-17/h5-12,15H,4,13-14H2,1-3H3/b9-5+,16-12+. The highest BCUT2D eigenvalue weighted by Crippen LogP contribution is 2.07. The molecule has 0 amide bonds. The van der Waals surface area contributed by atoms with Gasteiger partial charge in [-0.15, -0.1) is 0 Å². The first-order valence-electron chi connectivity index (χ1n) is 7.15. The van der Waals surface area contributed by atoms with Crippen LogP contribution in [0.4, 0.5) is 0 Å². The normalized spacial score (nSPS) is 13.4. The number of rotatable bonds is 7. The van der Waals surface area contributed by atoms with Crippen molar-refractivity contribution in [1.29, 1.82) is 0 Å². The van der Waals surface area contributed by atoms with Crippen LogP contribution in [-0.4, -0.2) is 12.6 Å². The molecule has 0 saturated heterocycles. The van der Waals surface area contributed by atoms with Crippen LogP contribution in [0.5, 0.6) is 0 Å². The monoisotopic (exact) mass is 272 g/mol. The van der Waals surface area contributed by atoms with Gasteiger partial charge in [0.15, 0.2) is 0 Å². The van der Waals surface area contributed by atoms with E-state index >= 15 is 0 Å². The maximum absolute atomic E-state index is 11.7. The molecule has 20 heavy (non-hydrogen) atoms. The molecule has 1 unspecified atom stereocenters. The third-order valence-corrected chi connectivity index (χ3v) is 2.87. The van der Waals surface area contributed by atoms with E-state index in [0.717, 1.165) is 17.6 Å². The van der Waals surface area contributed by atoms with Gasteiger partial charge < -0.3 is 4.74 Å². The Hall–Kier alpha value is -1.83. The topological polar surface area (TPSA) is 26.3 Å². The Morgan fingerprint density at radius 2 is 2.00 bits per heavy atom. The predicted octanol–water partition coefficient (Wildman–Crippen LogP) is 4.32. The Morgan fingerprint density at radius 1 is 1.30 bits per heavy atom. The maximum atomic E-state index is 11.7. The van der Waals surface area contributed by atoms with Gasteiger partial charge in [0.05, 0.1) is 6.42 Å². The molecule has 2 heteroatoms. The zero-order valence-corrected chi connectivity index (χ0v) is 12.6. The van der Waals surface area contributed by atoms with Gasteiger partial charge in [-0.25, -0.2) is 0 Å². The van der Waals surface area contributed by atoms with E-state index in [1.807, 2.05) is 37.3 Å². The third-order valence-electron chi connectivity index (χ3n) is 2.87. The van der Waals surface area contributed by atoms with Crippen LogP contribution in [0, 0.1) is 5.92 Å². The second-order valence-corrected chi connectivity index (χ2v) is 5.03. The molecule has 0 aliphatic heterocycles. The van der Waals surface area contributed by atoms with Gasteiger partial charge in [-0.2, -0.15) is 0 Å². The number of allylic oxidation sites excluding steroid dienone is 3. The van der Waals surface area contributed by atoms with Crippen molar-refractivity contribution in [2.45, 2.75) is 33.6 Å². The largest absolute Gasteiger partial charge is 0.461 e. The molecule has 0 aromatic heterocycles. The molecule has 2 nitrogen and oxygen atoms in total. The number of carbonyl (C=O) groups is 1. The van der Waals surface area contributed by atoms with E-state index in [4.69, 9.17) is 4.74 Å². The van der Waals surface area contributed by atoms with Crippen LogP contribution >= 0.6 is 0 Å². The summed E-state index contributed by atoms with van der Waals surface area (Å²) in [7, 11) is 0. The summed E-state index contributed by atoms with van der Waals surface area (Å²) in [5.41, 5.74) is 2.07. The molecular weight excluding hydrogens is 248 g/mol. The Kier molecular flexibility index (Phi) is 7.41. The Bertz CT molecular complexity index is 458. The van der Waals surface area contributed by atoms with E-state index in [1.165, 1.54) is 0 Å². The molecule has 1 atom stereocenters. The van der Waals surface area contributed by atoms with E-state index in [2.05, 4.69) is 32.1 Å². The van der Waals surface area contributed by atoms with Crippen molar-refractivity contribution in [3.8, 4) is 0 Å². The third kappa shape index (κ3) is 6.93.